The maximum absolute atomic E-state index is 11.9. The number of carbonyl (C=O) groups is 4. The van der Waals surface area contributed by atoms with E-state index in [-0.39, 0.29) is 23.6 Å². The highest BCUT2D eigenvalue weighted by molar-refractivity contribution is 7.98. The van der Waals surface area contributed by atoms with Gasteiger partial charge < -0.3 is 21.3 Å². The summed E-state index contributed by atoms with van der Waals surface area (Å²) in [6.07, 6.45) is 3.98. The lowest BCUT2D eigenvalue weighted by atomic mass is 10.1. The lowest BCUT2D eigenvalue weighted by Crippen LogP contribution is -2.28. The first-order chi connectivity index (χ1) is 19.4. The van der Waals surface area contributed by atoms with Crippen LogP contribution >= 0.6 is 48.8 Å². The van der Waals surface area contributed by atoms with E-state index in [1.807, 2.05) is 12.5 Å². The standard InChI is InChI=1S/C14H20N2O2S2.C12H16N2O2S2.H2O2/c1-19-8-6-15-13(17)11-4-3-5-12(10-11)14(18)16-7-9-20-2;15-11(13-4-6-17)9-2-1-3-10(8-9)12(16)14-5-7-18;1-2/h3-5,10H,6-9H2,1-2H3,(H,15,17)(H,16,18);1-3,8,17-18H,4-7H2,(H,13,15)(H,14,16);1-2H. The smallest absolute Gasteiger partial charge is 0.251 e. The van der Waals surface area contributed by atoms with Crippen LogP contribution in [0.15, 0.2) is 48.5 Å². The molecule has 0 heterocycles. The largest absolute Gasteiger partial charge is 0.351 e. The van der Waals surface area contributed by atoms with Gasteiger partial charge in [0.2, 0.25) is 0 Å². The molecule has 4 amide bonds. The van der Waals surface area contributed by atoms with E-state index < -0.39 is 0 Å². The molecule has 6 N–H and O–H groups in total. The van der Waals surface area contributed by atoms with Crippen LogP contribution in [0, 0.1) is 0 Å². The highest BCUT2D eigenvalue weighted by Crippen LogP contribution is 2.07. The SMILES string of the molecule is CSCCNC(=O)c1cccc(C(=O)NCCSC)c1.O=C(NCCS)c1cccc(C(=O)NCCS)c1.OO. The molecular weight excluding hydrogens is 593 g/mol. The Morgan fingerprint density at radius 2 is 0.875 bits per heavy atom. The Morgan fingerprint density at radius 1 is 0.600 bits per heavy atom. The van der Waals surface area contributed by atoms with Gasteiger partial charge in [-0.25, -0.2) is 0 Å². The Labute approximate surface area is 255 Å². The van der Waals surface area contributed by atoms with Gasteiger partial charge in [0, 0.05) is 71.4 Å². The summed E-state index contributed by atoms with van der Waals surface area (Å²) < 4.78 is 0. The van der Waals surface area contributed by atoms with Gasteiger partial charge in [-0.1, -0.05) is 12.1 Å². The lowest BCUT2D eigenvalue weighted by Gasteiger charge is -2.07. The monoisotopic (exact) mass is 630 g/mol. The molecule has 0 aliphatic heterocycles. The molecule has 0 aliphatic rings. The Kier molecular flexibility index (Phi) is 23.0. The van der Waals surface area contributed by atoms with Crippen LogP contribution in [0.5, 0.6) is 0 Å². The third-order valence-corrected chi connectivity index (χ3v) is 6.42. The molecule has 0 saturated heterocycles. The quantitative estimate of drug-likeness (QED) is 0.0686. The molecule has 0 fully saturated rings. The summed E-state index contributed by atoms with van der Waals surface area (Å²) in [5.41, 5.74) is 1.97. The van der Waals surface area contributed by atoms with Crippen molar-refractivity contribution in [2.75, 3.05) is 61.7 Å². The van der Waals surface area contributed by atoms with Crippen LogP contribution < -0.4 is 21.3 Å². The van der Waals surface area contributed by atoms with Crippen molar-refractivity contribution in [3.05, 3.63) is 70.8 Å². The predicted molar refractivity (Wildman–Crippen MR) is 172 cm³/mol. The van der Waals surface area contributed by atoms with Crippen molar-refractivity contribution in [2.24, 2.45) is 0 Å². The van der Waals surface area contributed by atoms with E-state index in [9.17, 15) is 19.2 Å². The zero-order valence-corrected chi connectivity index (χ0v) is 25.9. The molecule has 0 saturated carbocycles. The topological polar surface area (TPSA) is 157 Å². The van der Waals surface area contributed by atoms with Gasteiger partial charge in [0.25, 0.3) is 23.6 Å². The summed E-state index contributed by atoms with van der Waals surface area (Å²) in [7, 11) is 0. The van der Waals surface area contributed by atoms with Crippen molar-refractivity contribution in [1.29, 1.82) is 0 Å². The van der Waals surface area contributed by atoms with Gasteiger partial charge in [-0.3, -0.25) is 29.7 Å². The molecule has 222 valence electrons. The molecule has 0 bridgehead atoms. The summed E-state index contributed by atoms with van der Waals surface area (Å²) in [5.74, 6) is 2.22. The van der Waals surface area contributed by atoms with Crippen molar-refractivity contribution in [2.45, 2.75) is 0 Å². The van der Waals surface area contributed by atoms with Gasteiger partial charge in [-0.2, -0.15) is 48.8 Å². The molecular formula is C26H38N4O6S4. The number of thiol groups is 2. The van der Waals surface area contributed by atoms with Crippen LogP contribution in [-0.4, -0.2) is 95.8 Å². The molecule has 0 aromatic heterocycles. The molecule has 10 nitrogen and oxygen atoms in total. The molecule has 0 unspecified atom stereocenters. The van der Waals surface area contributed by atoms with E-state index in [0.717, 1.165) is 11.5 Å². The first kappa shape index (κ1) is 37.6. The maximum Gasteiger partial charge on any atom is 0.251 e. The number of hydrogen-bond donors (Lipinski definition) is 8. The molecule has 0 spiro atoms. The normalized spacial score (nSPS) is 9.65. The fraction of sp³-hybridized carbons (Fsp3) is 0.385. The van der Waals surface area contributed by atoms with Gasteiger partial charge in [-0.05, 0) is 48.9 Å². The number of benzene rings is 2. The van der Waals surface area contributed by atoms with E-state index in [1.54, 1.807) is 72.1 Å². The molecule has 40 heavy (non-hydrogen) atoms. The van der Waals surface area contributed by atoms with Crippen LogP contribution in [0.3, 0.4) is 0 Å². The maximum atomic E-state index is 11.9. The Balaban J connectivity index is 0.000000719. The minimum absolute atomic E-state index is 0.141. The molecule has 2 aromatic carbocycles. The molecule has 2 aromatic rings. The van der Waals surface area contributed by atoms with E-state index in [0.29, 0.717) is 59.9 Å². The summed E-state index contributed by atoms with van der Waals surface area (Å²) in [4.78, 5) is 47.2. The molecule has 0 atom stereocenters. The zero-order chi connectivity index (χ0) is 30.2. The van der Waals surface area contributed by atoms with Crippen molar-refractivity contribution in [3.63, 3.8) is 0 Å². The lowest BCUT2D eigenvalue weighted by molar-refractivity contribution is -0.176. The molecule has 2 rings (SSSR count). The van der Waals surface area contributed by atoms with Crippen molar-refractivity contribution in [3.8, 4) is 0 Å². The number of hydrogen-bond acceptors (Lipinski definition) is 10. The van der Waals surface area contributed by atoms with Gasteiger partial charge in [-0.15, -0.1) is 0 Å². The van der Waals surface area contributed by atoms with Crippen molar-refractivity contribution in [1.82, 2.24) is 21.3 Å². The van der Waals surface area contributed by atoms with E-state index in [1.165, 1.54) is 0 Å². The third kappa shape index (κ3) is 16.0. The summed E-state index contributed by atoms with van der Waals surface area (Å²) >= 11 is 11.4. The predicted octanol–water partition coefficient (Wildman–Crippen LogP) is 2.90. The van der Waals surface area contributed by atoms with Gasteiger partial charge >= 0.3 is 0 Å². The number of carbonyl (C=O) groups excluding carboxylic acids is 4. The van der Waals surface area contributed by atoms with Crippen LogP contribution in [-0.2, 0) is 0 Å². The fourth-order valence-electron chi connectivity index (χ4n) is 2.88. The Morgan fingerprint density at radius 3 is 1.12 bits per heavy atom. The number of nitrogens with one attached hydrogen (secondary N) is 4. The first-order valence-electron chi connectivity index (χ1n) is 12.1. The van der Waals surface area contributed by atoms with Crippen molar-refractivity contribution < 1.29 is 29.7 Å². The minimum atomic E-state index is -0.201. The van der Waals surface area contributed by atoms with Crippen LogP contribution in [0.4, 0.5) is 0 Å². The average Bonchev–Trinajstić information content (AvgIpc) is 3.00. The Bertz CT molecular complexity index is 973. The third-order valence-electron chi connectivity index (χ3n) is 4.75. The van der Waals surface area contributed by atoms with Gasteiger partial charge in [0.15, 0.2) is 0 Å². The summed E-state index contributed by atoms with van der Waals surface area (Å²) in [6.45, 7) is 2.25. The molecule has 0 radical (unpaired) electrons. The van der Waals surface area contributed by atoms with E-state index in [2.05, 4.69) is 46.5 Å². The second-order valence-corrected chi connectivity index (χ2v) is 10.5. The molecule has 0 aliphatic carbocycles. The van der Waals surface area contributed by atoms with Crippen LogP contribution in [0.25, 0.3) is 0 Å². The molecule has 14 heteroatoms. The number of thioether (sulfide) groups is 2. The highest BCUT2D eigenvalue weighted by Gasteiger charge is 2.10. The summed E-state index contributed by atoms with van der Waals surface area (Å²) in [6, 6.07) is 13.4. The number of amides is 4. The van der Waals surface area contributed by atoms with Crippen LogP contribution in [0.1, 0.15) is 41.4 Å². The van der Waals surface area contributed by atoms with Crippen molar-refractivity contribution >= 4 is 72.4 Å². The number of rotatable bonds is 14. The van der Waals surface area contributed by atoms with Crippen LogP contribution in [0.2, 0.25) is 0 Å². The summed E-state index contributed by atoms with van der Waals surface area (Å²) in [5, 5.41) is 23.0. The zero-order valence-electron chi connectivity index (χ0n) is 22.5. The van der Waals surface area contributed by atoms with Gasteiger partial charge in [0.1, 0.15) is 0 Å². The minimum Gasteiger partial charge on any atom is -0.351 e. The highest BCUT2D eigenvalue weighted by atomic mass is 32.2. The second kappa shape index (κ2) is 24.4. The van der Waals surface area contributed by atoms with E-state index in [4.69, 9.17) is 10.5 Å². The first-order valence-corrected chi connectivity index (χ1v) is 16.2. The second-order valence-electron chi connectivity index (χ2n) is 7.62. The van der Waals surface area contributed by atoms with E-state index >= 15 is 0 Å². The van der Waals surface area contributed by atoms with Gasteiger partial charge in [0.05, 0.1) is 0 Å². The fourth-order valence-corrected chi connectivity index (χ4v) is 3.72. The average molecular weight is 631 g/mol. The Hall–Kier alpha value is -2.36.